The molecule has 0 amide bonds. The summed E-state index contributed by atoms with van der Waals surface area (Å²) in [5.74, 6) is 2.12. The maximum Gasteiger partial charge on any atom is 0.0417 e. The Hall–Kier alpha value is 0.160. The zero-order valence-corrected chi connectivity index (χ0v) is 17.6. The largest absolute Gasteiger partial charge is 0.305 e. The molecule has 0 aromatic carbocycles. The molecule has 0 N–H and O–H groups in total. The average molecular weight is 378 g/mol. The third-order valence-corrected chi connectivity index (χ3v) is 13.0. The van der Waals surface area contributed by atoms with Crippen molar-refractivity contribution < 1.29 is 0 Å². The Balaban J connectivity index is 1.56. The molecular weight excluding hydrogens is 345 g/mol. The molecule has 1 nitrogen and oxygen atoms in total. The molecule has 0 aliphatic heterocycles. The van der Waals surface area contributed by atoms with Crippen molar-refractivity contribution >= 4 is 19.5 Å². The van der Waals surface area contributed by atoms with Crippen LogP contribution < -0.4 is 0 Å². The van der Waals surface area contributed by atoms with Crippen LogP contribution in [0.1, 0.15) is 64.2 Å². The highest BCUT2D eigenvalue weighted by molar-refractivity contribution is 7.62. The van der Waals surface area contributed by atoms with Crippen molar-refractivity contribution in [3.05, 3.63) is 22.8 Å². The third-order valence-electron chi connectivity index (χ3n) is 8.28. The van der Waals surface area contributed by atoms with Crippen molar-refractivity contribution in [2.75, 3.05) is 20.6 Å². The van der Waals surface area contributed by atoms with Crippen molar-refractivity contribution in [2.45, 2.75) is 80.2 Å². The van der Waals surface area contributed by atoms with Crippen LogP contribution in [-0.2, 0) is 0 Å². The summed E-state index contributed by atoms with van der Waals surface area (Å²) in [5, 5.41) is 2.47. The zero-order valence-electron chi connectivity index (χ0n) is 15.9. The summed E-state index contributed by atoms with van der Waals surface area (Å²) in [6.45, 7) is 1.05. The lowest BCUT2D eigenvalue weighted by Gasteiger charge is -2.51. The average Bonchev–Trinajstić information content (AvgIpc) is 3.38. The van der Waals surface area contributed by atoms with E-state index < -0.39 is 0 Å². The van der Waals surface area contributed by atoms with Gasteiger partial charge >= 0.3 is 0 Å². The number of likely N-dealkylation sites (N-methyl/N-ethyl adjacent to an activating group) is 1. The summed E-state index contributed by atoms with van der Waals surface area (Å²) in [6.07, 6.45) is 20.2. The maximum absolute atomic E-state index is 6.75. The summed E-state index contributed by atoms with van der Waals surface area (Å²) < 4.78 is 0. The zero-order chi connectivity index (χ0) is 17.2. The van der Waals surface area contributed by atoms with Crippen molar-refractivity contribution in [1.82, 2.24) is 4.90 Å². The van der Waals surface area contributed by atoms with Gasteiger partial charge in [0, 0.05) is 17.2 Å². The first-order valence-corrected chi connectivity index (χ1v) is 12.3. The Morgan fingerprint density at radius 1 is 1.00 bits per heavy atom. The van der Waals surface area contributed by atoms with E-state index in [-0.39, 0.29) is 7.92 Å². The summed E-state index contributed by atoms with van der Waals surface area (Å²) in [4.78, 5) is 2.33. The van der Waals surface area contributed by atoms with Crippen molar-refractivity contribution in [2.24, 2.45) is 11.8 Å². The fourth-order valence-corrected chi connectivity index (χ4v) is 13.1. The molecule has 138 valence electrons. The number of allylic oxidation sites excluding steroid dienone is 3. The Kier molecular flexibility index (Phi) is 4.20. The molecule has 25 heavy (non-hydrogen) atoms. The quantitative estimate of drug-likeness (QED) is 0.521. The molecule has 0 spiro atoms. The van der Waals surface area contributed by atoms with E-state index in [2.05, 4.69) is 31.1 Å². The Morgan fingerprint density at radius 2 is 1.52 bits per heavy atom. The molecular formula is C22H33ClNP. The number of halogens is 1. The minimum absolute atomic E-state index is 0.00175. The van der Waals surface area contributed by atoms with E-state index in [0.717, 1.165) is 23.4 Å². The maximum atomic E-state index is 6.75. The van der Waals surface area contributed by atoms with Gasteiger partial charge in [-0.3, -0.25) is 0 Å². The second kappa shape index (κ2) is 6.08. The van der Waals surface area contributed by atoms with E-state index in [0.29, 0.717) is 16.0 Å². The lowest BCUT2D eigenvalue weighted by molar-refractivity contribution is 0.440. The third kappa shape index (κ3) is 2.63. The summed E-state index contributed by atoms with van der Waals surface area (Å²) >= 11 is 6.75. The fraction of sp³-hybridized carbons (Fsp3) is 0.818. The van der Waals surface area contributed by atoms with E-state index in [4.69, 9.17) is 11.6 Å². The summed E-state index contributed by atoms with van der Waals surface area (Å²) in [6, 6.07) is 0. The van der Waals surface area contributed by atoms with E-state index in [1.54, 1.807) is 18.4 Å². The predicted octanol–water partition coefficient (Wildman–Crippen LogP) is 6.13. The van der Waals surface area contributed by atoms with E-state index in [1.165, 1.54) is 51.4 Å². The Bertz CT molecular complexity index is 576. The minimum atomic E-state index is -0.00175. The van der Waals surface area contributed by atoms with Gasteiger partial charge in [-0.1, -0.05) is 25.6 Å². The van der Waals surface area contributed by atoms with Crippen LogP contribution in [0.4, 0.5) is 0 Å². The minimum Gasteiger partial charge on any atom is -0.305 e. The van der Waals surface area contributed by atoms with Gasteiger partial charge in [0.15, 0.2) is 0 Å². The molecule has 5 aliphatic carbocycles. The highest BCUT2D eigenvalue weighted by Crippen LogP contribution is 2.80. The predicted molar refractivity (Wildman–Crippen MR) is 110 cm³/mol. The smallest absolute Gasteiger partial charge is 0.0417 e. The van der Waals surface area contributed by atoms with Gasteiger partial charge < -0.3 is 4.90 Å². The van der Waals surface area contributed by atoms with Gasteiger partial charge in [0.1, 0.15) is 0 Å². The van der Waals surface area contributed by atoms with Crippen LogP contribution in [-0.4, -0.2) is 41.5 Å². The number of rotatable bonds is 5. The molecule has 0 aromatic heterocycles. The van der Waals surface area contributed by atoms with Crippen molar-refractivity contribution in [3.8, 4) is 0 Å². The van der Waals surface area contributed by atoms with Gasteiger partial charge in [-0.25, -0.2) is 0 Å². The van der Waals surface area contributed by atoms with Gasteiger partial charge in [0.25, 0.3) is 0 Å². The van der Waals surface area contributed by atoms with Crippen LogP contribution >= 0.6 is 19.5 Å². The monoisotopic (exact) mass is 377 g/mol. The first-order valence-electron chi connectivity index (χ1n) is 10.5. The van der Waals surface area contributed by atoms with E-state index >= 15 is 0 Å². The van der Waals surface area contributed by atoms with Crippen LogP contribution in [0.3, 0.4) is 0 Å². The second-order valence-corrected chi connectivity index (χ2v) is 13.6. The molecule has 1 atom stereocenters. The Labute approximate surface area is 160 Å². The van der Waals surface area contributed by atoms with Gasteiger partial charge in [-0.2, -0.15) is 0 Å². The molecule has 0 saturated heterocycles. The molecule has 5 aliphatic rings. The molecule has 4 saturated carbocycles. The highest BCUT2D eigenvalue weighted by atomic mass is 35.5. The summed E-state index contributed by atoms with van der Waals surface area (Å²) in [5.41, 5.74) is 2.24. The second-order valence-electron chi connectivity index (χ2n) is 10.0. The normalized spacial score (nSPS) is 46.2. The first-order chi connectivity index (χ1) is 12.0. The lowest BCUT2D eigenvalue weighted by Crippen LogP contribution is -2.38. The number of nitrogens with zero attached hydrogens (tertiary/aromatic N) is 1. The molecule has 0 radical (unpaired) electrons. The lowest BCUT2D eigenvalue weighted by atomic mass is 9.99. The fourth-order valence-electron chi connectivity index (χ4n) is 7.38. The van der Waals surface area contributed by atoms with Gasteiger partial charge in [-0.05, 0) is 112 Å². The molecule has 3 heteroatoms. The van der Waals surface area contributed by atoms with Gasteiger partial charge in [-0.15, -0.1) is 0 Å². The molecule has 0 aromatic rings. The van der Waals surface area contributed by atoms with Crippen LogP contribution in [0.15, 0.2) is 22.8 Å². The SMILES string of the molecule is CN(C)CC1=C(Cl)C=CC1P(C12CCC(CC1)C2)C12CCC(CC1)C2. The van der Waals surface area contributed by atoms with Crippen LogP contribution in [0.2, 0.25) is 0 Å². The number of hydrogen-bond acceptors (Lipinski definition) is 1. The molecule has 5 rings (SSSR count). The highest BCUT2D eigenvalue weighted by Gasteiger charge is 2.61. The molecule has 0 heterocycles. The van der Waals surface area contributed by atoms with Crippen molar-refractivity contribution in [3.63, 3.8) is 0 Å². The van der Waals surface area contributed by atoms with E-state index in [1.807, 2.05) is 0 Å². The van der Waals surface area contributed by atoms with Crippen LogP contribution in [0.25, 0.3) is 0 Å². The first kappa shape index (κ1) is 17.3. The van der Waals surface area contributed by atoms with Gasteiger partial charge in [0.05, 0.1) is 0 Å². The van der Waals surface area contributed by atoms with Crippen molar-refractivity contribution in [1.29, 1.82) is 0 Å². The molecule has 4 fully saturated rings. The molecule has 4 bridgehead atoms. The van der Waals surface area contributed by atoms with Gasteiger partial charge in [0.2, 0.25) is 0 Å². The Morgan fingerprint density at radius 3 is 1.92 bits per heavy atom. The number of fused-ring (bicyclic) bond motifs is 4. The van der Waals surface area contributed by atoms with E-state index in [9.17, 15) is 0 Å². The molecule has 1 unspecified atom stereocenters. The van der Waals surface area contributed by atoms with Crippen LogP contribution in [0.5, 0.6) is 0 Å². The standard InChI is InChI=1S/C22H33ClNP/c1-24(2)15-18-19(23)3-4-20(18)25(21-9-5-16(13-21)6-10-21)22-11-7-17(14-22)8-12-22/h3-4,16-17,20H,5-15H2,1-2H3. The number of hydrogen-bond donors (Lipinski definition) is 0. The topological polar surface area (TPSA) is 3.24 Å². The summed E-state index contributed by atoms with van der Waals surface area (Å²) in [7, 11) is 4.40. The van der Waals surface area contributed by atoms with Crippen LogP contribution in [0, 0.1) is 11.8 Å².